The van der Waals surface area contributed by atoms with E-state index in [-0.39, 0.29) is 12.5 Å². The number of carbonyl (C=O) groups is 2. The van der Waals surface area contributed by atoms with Crippen molar-refractivity contribution in [2.24, 2.45) is 5.92 Å². The van der Waals surface area contributed by atoms with E-state index < -0.39 is 11.9 Å². The second-order valence-corrected chi connectivity index (χ2v) is 3.55. The second kappa shape index (κ2) is 5.95. The molecular formula is C11H15NO4. The predicted octanol–water partition coefficient (Wildman–Crippen LogP) is 1.51. The van der Waals surface area contributed by atoms with E-state index in [9.17, 15) is 9.59 Å². The molecule has 0 aliphatic heterocycles. The van der Waals surface area contributed by atoms with Crippen LogP contribution in [0.1, 0.15) is 30.1 Å². The number of nitrogens with one attached hydrogen (secondary N) is 1. The Kier molecular flexibility index (Phi) is 4.57. The predicted molar refractivity (Wildman–Crippen MR) is 57.1 cm³/mol. The fourth-order valence-electron chi connectivity index (χ4n) is 1.37. The first-order valence-corrected chi connectivity index (χ1v) is 5.18. The van der Waals surface area contributed by atoms with E-state index in [1.54, 1.807) is 0 Å². The molecule has 0 bridgehead atoms. The Morgan fingerprint density at radius 1 is 1.56 bits per heavy atom. The van der Waals surface area contributed by atoms with Crippen LogP contribution in [0.3, 0.4) is 0 Å². The summed E-state index contributed by atoms with van der Waals surface area (Å²) in [5.74, 6) is -1.72. The average Bonchev–Trinajstić information content (AvgIpc) is 2.76. The zero-order valence-corrected chi connectivity index (χ0v) is 9.10. The standard InChI is InChI=1S/C11H15NO4/c1-2-3-8(11(14)15)6-12-10(13)9-4-5-16-7-9/h4-5,7-8H,2-3,6H2,1H3,(H,12,13)(H,14,15). The third-order valence-electron chi connectivity index (χ3n) is 2.28. The molecular weight excluding hydrogens is 210 g/mol. The summed E-state index contributed by atoms with van der Waals surface area (Å²) in [6.45, 7) is 2.06. The Balaban J connectivity index is 2.43. The van der Waals surface area contributed by atoms with Crippen molar-refractivity contribution in [2.75, 3.05) is 6.54 Å². The first kappa shape index (κ1) is 12.3. The van der Waals surface area contributed by atoms with Crippen LogP contribution in [0.2, 0.25) is 0 Å². The van der Waals surface area contributed by atoms with Crippen LogP contribution in [-0.2, 0) is 4.79 Å². The van der Waals surface area contributed by atoms with Gasteiger partial charge in [-0.05, 0) is 12.5 Å². The van der Waals surface area contributed by atoms with Gasteiger partial charge in [-0.25, -0.2) is 0 Å². The first-order valence-electron chi connectivity index (χ1n) is 5.18. The van der Waals surface area contributed by atoms with Crippen LogP contribution in [0, 0.1) is 5.92 Å². The molecule has 1 rings (SSSR count). The van der Waals surface area contributed by atoms with Crippen molar-refractivity contribution in [3.63, 3.8) is 0 Å². The summed E-state index contributed by atoms with van der Waals surface area (Å²) in [7, 11) is 0. The zero-order valence-electron chi connectivity index (χ0n) is 9.10. The van der Waals surface area contributed by atoms with Crippen LogP contribution in [0.5, 0.6) is 0 Å². The molecule has 2 N–H and O–H groups in total. The number of furan rings is 1. The highest BCUT2D eigenvalue weighted by Crippen LogP contribution is 2.06. The molecule has 16 heavy (non-hydrogen) atoms. The van der Waals surface area contributed by atoms with Crippen molar-refractivity contribution in [2.45, 2.75) is 19.8 Å². The molecule has 1 aromatic heterocycles. The van der Waals surface area contributed by atoms with E-state index in [1.165, 1.54) is 18.6 Å². The highest BCUT2D eigenvalue weighted by atomic mass is 16.4. The number of rotatable bonds is 6. The summed E-state index contributed by atoms with van der Waals surface area (Å²) in [4.78, 5) is 22.3. The molecule has 0 aliphatic rings. The quantitative estimate of drug-likeness (QED) is 0.769. The van der Waals surface area contributed by atoms with Crippen molar-refractivity contribution in [1.82, 2.24) is 5.32 Å². The van der Waals surface area contributed by atoms with Gasteiger partial charge in [0.15, 0.2) is 0 Å². The summed E-state index contributed by atoms with van der Waals surface area (Å²) in [5.41, 5.74) is 0.403. The maximum Gasteiger partial charge on any atom is 0.308 e. The Morgan fingerprint density at radius 3 is 2.81 bits per heavy atom. The lowest BCUT2D eigenvalue weighted by Gasteiger charge is -2.11. The third kappa shape index (κ3) is 3.42. The van der Waals surface area contributed by atoms with E-state index >= 15 is 0 Å². The van der Waals surface area contributed by atoms with Crippen LogP contribution in [0.15, 0.2) is 23.0 Å². The minimum Gasteiger partial charge on any atom is -0.481 e. The van der Waals surface area contributed by atoms with Crippen molar-refractivity contribution in [1.29, 1.82) is 0 Å². The maximum atomic E-state index is 11.5. The second-order valence-electron chi connectivity index (χ2n) is 3.55. The lowest BCUT2D eigenvalue weighted by atomic mass is 10.0. The molecule has 0 saturated carbocycles. The molecule has 0 fully saturated rings. The highest BCUT2D eigenvalue weighted by Gasteiger charge is 2.17. The zero-order chi connectivity index (χ0) is 12.0. The molecule has 88 valence electrons. The number of carboxylic acid groups (broad SMARTS) is 1. The van der Waals surface area contributed by atoms with Gasteiger partial charge < -0.3 is 14.8 Å². The Morgan fingerprint density at radius 2 is 2.31 bits per heavy atom. The van der Waals surface area contributed by atoms with E-state index in [1.807, 2.05) is 6.92 Å². The number of hydrogen-bond acceptors (Lipinski definition) is 3. The molecule has 5 heteroatoms. The molecule has 1 heterocycles. The molecule has 0 aliphatic carbocycles. The molecule has 0 saturated heterocycles. The van der Waals surface area contributed by atoms with Gasteiger partial charge in [-0.2, -0.15) is 0 Å². The van der Waals surface area contributed by atoms with Gasteiger partial charge in [-0.3, -0.25) is 9.59 Å². The Hall–Kier alpha value is -1.78. The number of hydrogen-bond donors (Lipinski definition) is 2. The molecule has 0 aromatic carbocycles. The fourth-order valence-corrected chi connectivity index (χ4v) is 1.37. The third-order valence-corrected chi connectivity index (χ3v) is 2.28. The Labute approximate surface area is 93.4 Å². The van der Waals surface area contributed by atoms with Crippen LogP contribution in [-0.4, -0.2) is 23.5 Å². The van der Waals surface area contributed by atoms with Gasteiger partial charge in [0.1, 0.15) is 6.26 Å². The van der Waals surface area contributed by atoms with Gasteiger partial charge in [0.2, 0.25) is 0 Å². The van der Waals surface area contributed by atoms with Gasteiger partial charge in [-0.1, -0.05) is 13.3 Å². The van der Waals surface area contributed by atoms with Crippen molar-refractivity contribution in [3.8, 4) is 0 Å². The lowest BCUT2D eigenvalue weighted by Crippen LogP contribution is -2.32. The maximum absolute atomic E-state index is 11.5. The summed E-state index contributed by atoms with van der Waals surface area (Å²) in [6, 6.07) is 1.53. The number of amides is 1. The lowest BCUT2D eigenvalue weighted by molar-refractivity contribution is -0.141. The van der Waals surface area contributed by atoms with Crippen molar-refractivity contribution >= 4 is 11.9 Å². The topological polar surface area (TPSA) is 79.5 Å². The number of carboxylic acids is 1. The first-order chi connectivity index (χ1) is 7.65. The van der Waals surface area contributed by atoms with Gasteiger partial charge in [0.05, 0.1) is 17.7 Å². The summed E-state index contributed by atoms with van der Waals surface area (Å²) < 4.78 is 4.76. The largest absolute Gasteiger partial charge is 0.481 e. The van der Waals surface area contributed by atoms with Crippen molar-refractivity contribution < 1.29 is 19.1 Å². The van der Waals surface area contributed by atoms with E-state index in [2.05, 4.69) is 5.32 Å². The summed E-state index contributed by atoms with van der Waals surface area (Å²) in [5, 5.41) is 11.4. The number of aliphatic carboxylic acids is 1. The van der Waals surface area contributed by atoms with Crippen molar-refractivity contribution in [3.05, 3.63) is 24.2 Å². The van der Waals surface area contributed by atoms with Gasteiger partial charge in [0.25, 0.3) is 5.91 Å². The van der Waals surface area contributed by atoms with Crippen LogP contribution >= 0.6 is 0 Å². The van der Waals surface area contributed by atoms with Gasteiger partial charge >= 0.3 is 5.97 Å². The number of carbonyl (C=O) groups excluding carboxylic acids is 1. The normalized spacial score (nSPS) is 12.1. The summed E-state index contributed by atoms with van der Waals surface area (Å²) in [6.07, 6.45) is 4.06. The molecule has 0 radical (unpaired) electrons. The highest BCUT2D eigenvalue weighted by molar-refractivity contribution is 5.93. The minimum atomic E-state index is -0.880. The average molecular weight is 225 g/mol. The summed E-state index contributed by atoms with van der Waals surface area (Å²) >= 11 is 0. The Bertz CT molecular complexity index is 345. The molecule has 1 amide bonds. The van der Waals surface area contributed by atoms with Crippen LogP contribution in [0.25, 0.3) is 0 Å². The van der Waals surface area contributed by atoms with Gasteiger partial charge in [-0.15, -0.1) is 0 Å². The van der Waals surface area contributed by atoms with Crippen LogP contribution < -0.4 is 5.32 Å². The van der Waals surface area contributed by atoms with E-state index in [0.29, 0.717) is 12.0 Å². The van der Waals surface area contributed by atoms with E-state index in [0.717, 1.165) is 6.42 Å². The molecule has 1 aromatic rings. The van der Waals surface area contributed by atoms with Crippen LogP contribution in [0.4, 0.5) is 0 Å². The SMILES string of the molecule is CCCC(CNC(=O)c1ccoc1)C(=O)O. The molecule has 1 unspecified atom stereocenters. The van der Waals surface area contributed by atoms with Gasteiger partial charge in [0, 0.05) is 6.54 Å². The monoisotopic (exact) mass is 225 g/mol. The smallest absolute Gasteiger partial charge is 0.308 e. The minimum absolute atomic E-state index is 0.146. The molecule has 0 spiro atoms. The molecule has 5 nitrogen and oxygen atoms in total. The fraction of sp³-hybridized carbons (Fsp3) is 0.455. The van der Waals surface area contributed by atoms with E-state index in [4.69, 9.17) is 9.52 Å². The molecule has 1 atom stereocenters.